The number of hydrogen-bond donors (Lipinski definition) is 0. The summed E-state index contributed by atoms with van der Waals surface area (Å²) in [5.41, 5.74) is 3.05. The molecule has 1 saturated heterocycles. The monoisotopic (exact) mass is 447 g/mol. The average molecular weight is 448 g/mol. The number of aryl methyl sites for hydroxylation is 1. The maximum absolute atomic E-state index is 13.0. The van der Waals surface area contributed by atoms with Crippen LogP contribution in [0.1, 0.15) is 76.5 Å². The molecule has 5 heteroatoms. The fraction of sp³-hybridized carbons (Fsp3) is 0.500. The van der Waals surface area contributed by atoms with Gasteiger partial charge in [-0.2, -0.15) is 0 Å². The van der Waals surface area contributed by atoms with Crippen LogP contribution in [0.4, 0.5) is 5.69 Å². The average Bonchev–Trinajstić information content (AvgIpc) is 3.41. The normalized spacial score (nSPS) is 16.1. The van der Waals surface area contributed by atoms with Gasteiger partial charge in [0.05, 0.1) is 23.8 Å². The number of para-hydroxylation sites is 4. The van der Waals surface area contributed by atoms with Crippen LogP contribution in [0.15, 0.2) is 48.5 Å². The summed E-state index contributed by atoms with van der Waals surface area (Å²) in [5, 5.41) is 0. The predicted octanol–water partition coefficient (Wildman–Crippen LogP) is 6.71. The molecule has 4 rings (SSSR count). The Morgan fingerprint density at radius 2 is 1.64 bits per heavy atom. The number of benzene rings is 2. The first-order valence-electron chi connectivity index (χ1n) is 12.6. The Kier molecular flexibility index (Phi) is 8.03. The molecule has 1 atom stereocenters. The Bertz CT molecular complexity index is 1060. The van der Waals surface area contributed by atoms with Gasteiger partial charge in [-0.25, -0.2) is 4.98 Å². The van der Waals surface area contributed by atoms with Crippen molar-refractivity contribution in [3.63, 3.8) is 0 Å². The van der Waals surface area contributed by atoms with Crippen molar-refractivity contribution >= 4 is 22.6 Å². The van der Waals surface area contributed by atoms with E-state index in [-0.39, 0.29) is 11.8 Å². The molecule has 1 aliphatic rings. The van der Waals surface area contributed by atoms with Gasteiger partial charge in [0.1, 0.15) is 11.6 Å². The number of unbranched alkanes of at least 4 members (excludes halogenated alkanes) is 7. The third kappa shape index (κ3) is 5.40. The summed E-state index contributed by atoms with van der Waals surface area (Å²) in [6.07, 6.45) is 10.9. The molecule has 0 radical (unpaired) electrons. The molecule has 0 N–H and O–H groups in total. The molecule has 33 heavy (non-hydrogen) atoms. The molecule has 3 aromatic rings. The van der Waals surface area contributed by atoms with E-state index < -0.39 is 0 Å². The van der Waals surface area contributed by atoms with E-state index in [0.717, 1.165) is 35.7 Å². The first-order chi connectivity index (χ1) is 16.2. The third-order valence-corrected chi connectivity index (χ3v) is 6.79. The molecule has 0 aliphatic carbocycles. The van der Waals surface area contributed by atoms with Crippen LogP contribution in [0.3, 0.4) is 0 Å². The molecule has 1 fully saturated rings. The summed E-state index contributed by atoms with van der Waals surface area (Å²) >= 11 is 0. The number of hydrogen-bond acceptors (Lipinski definition) is 3. The highest BCUT2D eigenvalue weighted by atomic mass is 16.5. The molecule has 2 heterocycles. The van der Waals surface area contributed by atoms with Gasteiger partial charge in [0.2, 0.25) is 5.91 Å². The van der Waals surface area contributed by atoms with Gasteiger partial charge < -0.3 is 14.2 Å². The molecular formula is C28H37N3O2. The van der Waals surface area contributed by atoms with Crippen LogP contribution in [-0.2, 0) is 11.3 Å². The van der Waals surface area contributed by atoms with E-state index in [0.29, 0.717) is 13.0 Å². The predicted molar refractivity (Wildman–Crippen MR) is 135 cm³/mol. The summed E-state index contributed by atoms with van der Waals surface area (Å²) in [6.45, 7) is 3.87. The second kappa shape index (κ2) is 11.4. The van der Waals surface area contributed by atoms with Crippen LogP contribution in [0.25, 0.3) is 11.0 Å². The lowest BCUT2D eigenvalue weighted by atomic mass is 10.1. The maximum atomic E-state index is 13.0. The van der Waals surface area contributed by atoms with E-state index in [1.165, 1.54) is 50.5 Å². The van der Waals surface area contributed by atoms with Gasteiger partial charge in [0, 0.05) is 25.4 Å². The SMILES string of the molecule is CCCCCCCCCCn1c([C@H]2CC(=O)N(c3ccccc3OC)C2)nc2ccccc21. The van der Waals surface area contributed by atoms with Crippen molar-refractivity contribution in [1.29, 1.82) is 0 Å². The zero-order valence-corrected chi connectivity index (χ0v) is 20.1. The molecule has 0 saturated carbocycles. The fourth-order valence-electron chi connectivity index (χ4n) is 5.01. The van der Waals surface area contributed by atoms with Crippen molar-refractivity contribution < 1.29 is 9.53 Å². The smallest absolute Gasteiger partial charge is 0.227 e. The number of aromatic nitrogens is 2. The number of nitrogens with zero attached hydrogens (tertiary/aromatic N) is 3. The van der Waals surface area contributed by atoms with Gasteiger partial charge in [-0.05, 0) is 30.7 Å². The molecule has 1 amide bonds. The summed E-state index contributed by atoms with van der Waals surface area (Å²) in [6, 6.07) is 16.1. The second-order valence-electron chi connectivity index (χ2n) is 9.16. The number of carbonyl (C=O) groups excluding carboxylic acids is 1. The van der Waals surface area contributed by atoms with Crippen LogP contribution < -0.4 is 9.64 Å². The highest BCUT2D eigenvalue weighted by Gasteiger charge is 2.35. The molecule has 2 aromatic carbocycles. The summed E-state index contributed by atoms with van der Waals surface area (Å²) in [4.78, 5) is 19.9. The minimum absolute atomic E-state index is 0.0869. The number of methoxy groups -OCH3 is 1. The first kappa shape index (κ1) is 23.3. The molecular weight excluding hydrogens is 410 g/mol. The Balaban J connectivity index is 1.47. The van der Waals surface area contributed by atoms with Gasteiger partial charge >= 0.3 is 0 Å². The molecule has 0 spiro atoms. The molecule has 0 bridgehead atoms. The van der Waals surface area contributed by atoms with E-state index in [2.05, 4.69) is 29.7 Å². The zero-order chi connectivity index (χ0) is 23.0. The van der Waals surface area contributed by atoms with Crippen molar-refractivity contribution in [2.75, 3.05) is 18.6 Å². The lowest BCUT2D eigenvalue weighted by Gasteiger charge is -2.19. The Hall–Kier alpha value is -2.82. The lowest BCUT2D eigenvalue weighted by molar-refractivity contribution is -0.117. The number of ether oxygens (including phenoxy) is 1. The first-order valence-corrected chi connectivity index (χ1v) is 12.6. The van der Waals surface area contributed by atoms with Gasteiger partial charge in [0.15, 0.2) is 0 Å². The van der Waals surface area contributed by atoms with Crippen molar-refractivity contribution in [2.24, 2.45) is 0 Å². The highest BCUT2D eigenvalue weighted by Crippen LogP contribution is 2.37. The molecule has 176 valence electrons. The summed E-state index contributed by atoms with van der Waals surface area (Å²) in [5.74, 6) is 2.00. The van der Waals surface area contributed by atoms with Crippen LogP contribution in [0.2, 0.25) is 0 Å². The molecule has 5 nitrogen and oxygen atoms in total. The van der Waals surface area contributed by atoms with E-state index >= 15 is 0 Å². The van der Waals surface area contributed by atoms with Gasteiger partial charge in [0.25, 0.3) is 0 Å². The van der Waals surface area contributed by atoms with E-state index in [4.69, 9.17) is 9.72 Å². The van der Waals surface area contributed by atoms with Crippen LogP contribution >= 0.6 is 0 Å². The third-order valence-electron chi connectivity index (χ3n) is 6.79. The zero-order valence-electron chi connectivity index (χ0n) is 20.1. The van der Waals surface area contributed by atoms with E-state index in [1.807, 2.05) is 35.2 Å². The number of amides is 1. The summed E-state index contributed by atoms with van der Waals surface area (Å²) in [7, 11) is 1.65. The number of carbonyl (C=O) groups is 1. The lowest BCUT2D eigenvalue weighted by Crippen LogP contribution is -2.25. The van der Waals surface area contributed by atoms with Crippen molar-refractivity contribution in [3.8, 4) is 5.75 Å². The molecule has 0 unspecified atom stereocenters. The standard InChI is InChI=1S/C28H37N3O2/c1-3-4-5-6-7-8-9-14-19-30-24-16-11-10-15-23(24)29-28(30)22-20-27(32)31(21-22)25-17-12-13-18-26(25)33-2/h10-13,15-18,22H,3-9,14,19-21H2,1-2H3/t22-/m0/s1. The minimum Gasteiger partial charge on any atom is -0.495 e. The Morgan fingerprint density at radius 3 is 2.42 bits per heavy atom. The number of imidazole rings is 1. The van der Waals surface area contributed by atoms with Crippen molar-refractivity contribution in [3.05, 3.63) is 54.4 Å². The molecule has 1 aromatic heterocycles. The highest BCUT2D eigenvalue weighted by molar-refractivity contribution is 5.97. The maximum Gasteiger partial charge on any atom is 0.227 e. The Labute approximate surface area is 197 Å². The number of rotatable bonds is 12. The molecule has 1 aliphatic heterocycles. The topological polar surface area (TPSA) is 47.4 Å². The van der Waals surface area contributed by atoms with Crippen molar-refractivity contribution in [2.45, 2.75) is 77.2 Å². The van der Waals surface area contributed by atoms with Crippen LogP contribution in [-0.4, -0.2) is 29.1 Å². The quantitative estimate of drug-likeness (QED) is 0.290. The van der Waals surface area contributed by atoms with Crippen molar-refractivity contribution in [1.82, 2.24) is 9.55 Å². The fourth-order valence-corrected chi connectivity index (χ4v) is 5.01. The summed E-state index contributed by atoms with van der Waals surface area (Å²) < 4.78 is 7.88. The number of anilines is 1. The van der Waals surface area contributed by atoms with Crippen LogP contribution in [0, 0.1) is 0 Å². The van der Waals surface area contributed by atoms with Gasteiger partial charge in [-0.1, -0.05) is 76.1 Å². The number of fused-ring (bicyclic) bond motifs is 1. The van der Waals surface area contributed by atoms with E-state index in [1.54, 1.807) is 7.11 Å². The van der Waals surface area contributed by atoms with Crippen LogP contribution in [0.5, 0.6) is 5.75 Å². The van der Waals surface area contributed by atoms with Gasteiger partial charge in [-0.3, -0.25) is 4.79 Å². The minimum atomic E-state index is 0.0869. The largest absolute Gasteiger partial charge is 0.495 e. The van der Waals surface area contributed by atoms with E-state index in [9.17, 15) is 4.79 Å². The van der Waals surface area contributed by atoms with Gasteiger partial charge in [-0.15, -0.1) is 0 Å². The second-order valence-corrected chi connectivity index (χ2v) is 9.16. The Morgan fingerprint density at radius 1 is 0.939 bits per heavy atom.